The number of para-hydroxylation sites is 1. The van der Waals surface area contributed by atoms with Crippen molar-refractivity contribution in [3.05, 3.63) is 59.5 Å². The number of hydrogen-bond acceptors (Lipinski definition) is 7. The summed E-state index contributed by atoms with van der Waals surface area (Å²) in [5, 5.41) is 0.650. The Morgan fingerprint density at radius 3 is 2.65 bits per heavy atom. The van der Waals surface area contributed by atoms with Gasteiger partial charge in [-0.05, 0) is 36.9 Å². The van der Waals surface area contributed by atoms with Gasteiger partial charge < -0.3 is 19.0 Å². The number of thioether (sulfide) groups is 1. The smallest absolute Gasteiger partial charge is 0.258 e. The molecule has 0 bridgehead atoms. The van der Waals surface area contributed by atoms with Gasteiger partial charge in [-0.1, -0.05) is 18.2 Å². The molecule has 0 N–H and O–H groups in total. The number of carbonyl (C=O) groups is 1. The van der Waals surface area contributed by atoms with E-state index in [0.29, 0.717) is 34.4 Å². The molecule has 2 aromatic heterocycles. The molecule has 0 unspecified atom stereocenters. The van der Waals surface area contributed by atoms with Gasteiger partial charge in [-0.25, -0.2) is 9.97 Å². The number of morpholine rings is 1. The molecule has 0 radical (unpaired) electrons. The quantitative estimate of drug-likeness (QED) is 0.427. The normalized spacial score (nSPS) is 14.0. The molecular weight excluding hydrogens is 412 g/mol. The van der Waals surface area contributed by atoms with Gasteiger partial charge in [-0.3, -0.25) is 4.79 Å². The SMILES string of the molecule is CSc1nc(-c2ccco2)nc(C)c1C(=O)N(C)Cc1ccccc1N1CCOCC1. The molecular formula is C23H26N4O3S. The third kappa shape index (κ3) is 4.60. The van der Waals surface area contributed by atoms with Crippen LogP contribution in [0.4, 0.5) is 5.69 Å². The van der Waals surface area contributed by atoms with Crippen molar-refractivity contribution in [1.29, 1.82) is 0 Å². The second kappa shape index (κ2) is 9.53. The van der Waals surface area contributed by atoms with Crippen molar-refractivity contribution in [2.45, 2.75) is 18.5 Å². The van der Waals surface area contributed by atoms with E-state index in [1.807, 2.05) is 38.4 Å². The summed E-state index contributed by atoms with van der Waals surface area (Å²) in [7, 11) is 1.82. The molecule has 3 heterocycles. The maximum absolute atomic E-state index is 13.4. The van der Waals surface area contributed by atoms with Crippen molar-refractivity contribution in [3.8, 4) is 11.6 Å². The van der Waals surface area contributed by atoms with Gasteiger partial charge in [0.15, 0.2) is 11.6 Å². The number of nitrogens with zero attached hydrogens (tertiary/aromatic N) is 4. The summed E-state index contributed by atoms with van der Waals surface area (Å²) in [4.78, 5) is 26.6. The fourth-order valence-corrected chi connectivity index (χ4v) is 4.35. The zero-order valence-corrected chi connectivity index (χ0v) is 18.8. The largest absolute Gasteiger partial charge is 0.461 e. The van der Waals surface area contributed by atoms with E-state index in [2.05, 4.69) is 27.0 Å². The van der Waals surface area contributed by atoms with Gasteiger partial charge in [0, 0.05) is 32.4 Å². The molecule has 3 aromatic rings. The molecule has 0 spiro atoms. The van der Waals surface area contributed by atoms with Crippen LogP contribution in [0, 0.1) is 6.92 Å². The zero-order chi connectivity index (χ0) is 21.8. The van der Waals surface area contributed by atoms with E-state index in [9.17, 15) is 4.79 Å². The Hall–Kier alpha value is -2.84. The molecule has 31 heavy (non-hydrogen) atoms. The van der Waals surface area contributed by atoms with E-state index in [1.54, 1.807) is 17.2 Å². The van der Waals surface area contributed by atoms with Gasteiger partial charge in [0.05, 0.1) is 30.7 Å². The van der Waals surface area contributed by atoms with Gasteiger partial charge >= 0.3 is 0 Å². The average molecular weight is 439 g/mol. The van der Waals surface area contributed by atoms with Crippen molar-refractivity contribution in [2.24, 2.45) is 0 Å². The van der Waals surface area contributed by atoms with E-state index in [4.69, 9.17) is 9.15 Å². The van der Waals surface area contributed by atoms with Crippen LogP contribution in [0.15, 0.2) is 52.1 Å². The van der Waals surface area contributed by atoms with Crippen LogP contribution >= 0.6 is 11.8 Å². The first-order valence-electron chi connectivity index (χ1n) is 10.2. The highest BCUT2D eigenvalue weighted by atomic mass is 32.2. The minimum atomic E-state index is -0.0929. The van der Waals surface area contributed by atoms with Crippen molar-refractivity contribution in [3.63, 3.8) is 0 Å². The molecule has 0 saturated carbocycles. The van der Waals surface area contributed by atoms with Crippen LogP contribution in [0.1, 0.15) is 21.6 Å². The van der Waals surface area contributed by atoms with Crippen molar-refractivity contribution in [1.82, 2.24) is 14.9 Å². The molecule has 1 saturated heterocycles. The standard InChI is InChI=1S/C23H26N4O3S/c1-16-20(22(31-3)25-21(24-16)19-9-6-12-30-19)23(28)26(2)15-17-7-4-5-8-18(17)27-10-13-29-14-11-27/h4-9,12H,10-11,13-15H2,1-3H3. The van der Waals surface area contributed by atoms with Crippen LogP contribution in [0.3, 0.4) is 0 Å². The Morgan fingerprint density at radius 1 is 1.16 bits per heavy atom. The highest BCUT2D eigenvalue weighted by molar-refractivity contribution is 7.98. The van der Waals surface area contributed by atoms with E-state index >= 15 is 0 Å². The Bertz CT molecular complexity index is 1050. The fourth-order valence-electron chi connectivity index (χ4n) is 3.73. The molecule has 1 aliphatic rings. The molecule has 1 aliphatic heterocycles. The van der Waals surface area contributed by atoms with Gasteiger partial charge in [-0.15, -0.1) is 11.8 Å². The van der Waals surface area contributed by atoms with Gasteiger partial charge in [0.2, 0.25) is 0 Å². The molecule has 8 heteroatoms. The first-order valence-corrected chi connectivity index (χ1v) is 11.4. The minimum absolute atomic E-state index is 0.0929. The van der Waals surface area contributed by atoms with E-state index in [0.717, 1.165) is 37.6 Å². The number of carbonyl (C=O) groups excluding carboxylic acids is 1. The number of ether oxygens (including phenoxy) is 1. The van der Waals surface area contributed by atoms with Crippen LogP contribution in [-0.4, -0.2) is 60.4 Å². The Morgan fingerprint density at radius 2 is 1.94 bits per heavy atom. The van der Waals surface area contributed by atoms with E-state index in [-0.39, 0.29) is 5.91 Å². The number of hydrogen-bond donors (Lipinski definition) is 0. The van der Waals surface area contributed by atoms with Crippen molar-refractivity contribution in [2.75, 3.05) is 44.5 Å². The fraction of sp³-hybridized carbons (Fsp3) is 0.348. The lowest BCUT2D eigenvalue weighted by Crippen LogP contribution is -2.37. The van der Waals surface area contributed by atoms with E-state index < -0.39 is 0 Å². The third-order valence-electron chi connectivity index (χ3n) is 5.30. The molecule has 162 valence electrons. The van der Waals surface area contributed by atoms with Crippen LogP contribution in [-0.2, 0) is 11.3 Å². The number of anilines is 1. The second-order valence-electron chi connectivity index (χ2n) is 7.38. The predicted octanol–water partition coefficient (Wildman–Crippen LogP) is 3.88. The first-order chi connectivity index (χ1) is 15.1. The highest BCUT2D eigenvalue weighted by Gasteiger charge is 2.24. The molecule has 0 atom stereocenters. The molecule has 7 nitrogen and oxygen atoms in total. The summed E-state index contributed by atoms with van der Waals surface area (Å²) < 4.78 is 10.9. The summed E-state index contributed by atoms with van der Waals surface area (Å²) in [6.07, 6.45) is 3.50. The number of furan rings is 1. The summed E-state index contributed by atoms with van der Waals surface area (Å²) in [5.41, 5.74) is 3.44. The summed E-state index contributed by atoms with van der Waals surface area (Å²) in [6, 6.07) is 11.8. The maximum atomic E-state index is 13.4. The van der Waals surface area contributed by atoms with Crippen molar-refractivity contribution >= 4 is 23.4 Å². The lowest BCUT2D eigenvalue weighted by molar-refractivity contribution is 0.0779. The molecule has 1 aromatic carbocycles. The number of aromatic nitrogens is 2. The van der Waals surface area contributed by atoms with Crippen LogP contribution < -0.4 is 4.90 Å². The van der Waals surface area contributed by atoms with Gasteiger partial charge in [-0.2, -0.15) is 0 Å². The van der Waals surface area contributed by atoms with Crippen LogP contribution in [0.2, 0.25) is 0 Å². The average Bonchev–Trinajstić information content (AvgIpc) is 3.34. The summed E-state index contributed by atoms with van der Waals surface area (Å²) in [6.45, 7) is 5.49. The van der Waals surface area contributed by atoms with E-state index in [1.165, 1.54) is 11.8 Å². The first kappa shape index (κ1) is 21.4. The zero-order valence-electron chi connectivity index (χ0n) is 18.0. The third-order valence-corrected chi connectivity index (χ3v) is 5.99. The van der Waals surface area contributed by atoms with Gasteiger partial charge in [0.25, 0.3) is 5.91 Å². The molecule has 1 amide bonds. The number of benzene rings is 1. The summed E-state index contributed by atoms with van der Waals surface area (Å²) >= 11 is 1.44. The number of amides is 1. The maximum Gasteiger partial charge on any atom is 0.258 e. The highest BCUT2D eigenvalue weighted by Crippen LogP contribution is 2.28. The monoisotopic (exact) mass is 438 g/mol. The lowest BCUT2D eigenvalue weighted by atomic mass is 10.1. The molecule has 0 aliphatic carbocycles. The summed E-state index contributed by atoms with van der Waals surface area (Å²) in [5.74, 6) is 0.985. The van der Waals surface area contributed by atoms with Crippen LogP contribution in [0.5, 0.6) is 0 Å². The lowest BCUT2D eigenvalue weighted by Gasteiger charge is -2.31. The molecule has 1 fully saturated rings. The predicted molar refractivity (Wildman–Crippen MR) is 122 cm³/mol. The second-order valence-corrected chi connectivity index (χ2v) is 8.18. The Labute approximate surface area is 186 Å². The number of aryl methyl sites for hydroxylation is 1. The van der Waals surface area contributed by atoms with Crippen LogP contribution in [0.25, 0.3) is 11.6 Å². The topological polar surface area (TPSA) is 71.7 Å². The van der Waals surface area contributed by atoms with Crippen molar-refractivity contribution < 1.29 is 13.9 Å². The Kier molecular flexibility index (Phi) is 6.58. The molecule has 4 rings (SSSR count). The number of rotatable bonds is 6. The Balaban J connectivity index is 1.59. The van der Waals surface area contributed by atoms with Gasteiger partial charge in [0.1, 0.15) is 5.03 Å². The minimum Gasteiger partial charge on any atom is -0.461 e.